The Bertz CT molecular complexity index is 672. The molecule has 0 bridgehead atoms. The minimum absolute atomic E-state index is 0.124. The number of carbonyl (C=O) groups is 1. The third kappa shape index (κ3) is 5.71. The summed E-state index contributed by atoms with van der Waals surface area (Å²) in [5.41, 5.74) is 1.19. The van der Waals surface area contributed by atoms with Gasteiger partial charge >= 0.3 is 0 Å². The van der Waals surface area contributed by atoms with Crippen LogP contribution in [-0.4, -0.2) is 37.1 Å². The number of fused-ring (bicyclic) bond motifs is 1. The summed E-state index contributed by atoms with van der Waals surface area (Å²) < 4.78 is 5.32. The Hall–Kier alpha value is -2.14. The summed E-state index contributed by atoms with van der Waals surface area (Å²) >= 11 is 0. The van der Waals surface area contributed by atoms with E-state index in [-0.39, 0.29) is 5.91 Å². The van der Waals surface area contributed by atoms with Crippen molar-refractivity contribution in [2.24, 2.45) is 0 Å². The molecule has 4 rings (SSSR count). The van der Waals surface area contributed by atoms with E-state index in [1.807, 2.05) is 38.1 Å². The molecule has 1 aliphatic heterocycles. The second-order valence-corrected chi connectivity index (χ2v) is 5.93. The summed E-state index contributed by atoms with van der Waals surface area (Å²) in [4.78, 5) is 16.4. The lowest BCUT2D eigenvalue weighted by Crippen LogP contribution is -2.26. The van der Waals surface area contributed by atoms with Gasteiger partial charge in [0.05, 0.1) is 12.6 Å². The predicted molar refractivity (Wildman–Crippen MR) is 102 cm³/mol. The third-order valence-corrected chi connectivity index (χ3v) is 4.00. The summed E-state index contributed by atoms with van der Waals surface area (Å²) in [5.74, 6) is 0.558. The summed E-state index contributed by atoms with van der Waals surface area (Å²) in [7, 11) is 1.60. The van der Waals surface area contributed by atoms with Crippen LogP contribution in [-0.2, 0) is 0 Å². The van der Waals surface area contributed by atoms with E-state index in [4.69, 9.17) is 4.74 Å². The van der Waals surface area contributed by atoms with Crippen molar-refractivity contribution in [2.45, 2.75) is 45.6 Å². The van der Waals surface area contributed by atoms with Crippen LogP contribution in [0.25, 0.3) is 10.9 Å². The van der Waals surface area contributed by atoms with Crippen molar-refractivity contribution < 1.29 is 9.53 Å². The Morgan fingerprint density at radius 2 is 1.88 bits per heavy atom. The lowest BCUT2D eigenvalue weighted by atomic mass is 10.2. The highest BCUT2D eigenvalue weighted by molar-refractivity contribution is 5.97. The van der Waals surface area contributed by atoms with Crippen molar-refractivity contribution in [3.05, 3.63) is 36.0 Å². The van der Waals surface area contributed by atoms with Gasteiger partial charge in [-0.2, -0.15) is 0 Å². The number of methoxy groups -OCH3 is 1. The maximum atomic E-state index is 12.0. The fraction of sp³-hybridized carbons (Fsp3) is 0.500. The van der Waals surface area contributed by atoms with Crippen LogP contribution >= 0.6 is 0 Å². The average molecular weight is 343 g/mol. The number of hydrogen-bond acceptors (Lipinski definition) is 4. The first-order valence-corrected chi connectivity index (χ1v) is 9.23. The molecule has 5 heteroatoms. The van der Waals surface area contributed by atoms with Gasteiger partial charge in [0.1, 0.15) is 11.4 Å². The van der Waals surface area contributed by atoms with Crippen molar-refractivity contribution in [3.63, 3.8) is 0 Å². The second kappa shape index (κ2) is 9.99. The SMILES string of the molecule is C1CCNC1.CC.COc1cc(C(=O)NC2CC2)nc2ccccc12. The largest absolute Gasteiger partial charge is 0.496 e. The summed E-state index contributed by atoms with van der Waals surface area (Å²) in [6, 6.07) is 9.67. The van der Waals surface area contributed by atoms with Gasteiger partial charge < -0.3 is 15.4 Å². The van der Waals surface area contributed by atoms with Gasteiger partial charge in [-0.15, -0.1) is 0 Å². The highest BCUT2D eigenvalue weighted by atomic mass is 16.5. The normalized spacial score (nSPS) is 15.5. The number of benzene rings is 1. The highest BCUT2D eigenvalue weighted by Gasteiger charge is 2.24. The lowest BCUT2D eigenvalue weighted by Gasteiger charge is -2.08. The standard InChI is InChI=1S/C14H14N2O2.C4H9N.C2H6/c1-18-13-8-12(14(17)15-9-6-7-9)16-11-5-3-2-4-10(11)13;1-2-4-5-3-1;1-2/h2-5,8-9H,6-7H2,1H3,(H,15,17);5H,1-4H2;1-2H3. The van der Waals surface area contributed by atoms with Crippen molar-refractivity contribution in [1.29, 1.82) is 0 Å². The second-order valence-electron chi connectivity index (χ2n) is 5.93. The van der Waals surface area contributed by atoms with Gasteiger partial charge in [0.25, 0.3) is 5.91 Å². The Balaban J connectivity index is 0.000000273. The molecular formula is C20H29N3O2. The van der Waals surface area contributed by atoms with Gasteiger partial charge in [-0.3, -0.25) is 4.79 Å². The predicted octanol–water partition coefficient (Wildman–Crippen LogP) is 3.53. The van der Waals surface area contributed by atoms with Crippen molar-refractivity contribution in [1.82, 2.24) is 15.6 Å². The molecule has 0 atom stereocenters. The van der Waals surface area contributed by atoms with Crippen LogP contribution in [0.2, 0.25) is 0 Å². The third-order valence-electron chi connectivity index (χ3n) is 4.00. The van der Waals surface area contributed by atoms with E-state index >= 15 is 0 Å². The number of rotatable bonds is 3. The Labute approximate surface area is 150 Å². The number of nitrogens with zero attached hydrogens (tertiary/aromatic N) is 1. The number of para-hydroxylation sites is 1. The molecule has 5 nitrogen and oxygen atoms in total. The molecule has 0 spiro atoms. The molecule has 1 aromatic heterocycles. The quantitative estimate of drug-likeness (QED) is 0.895. The molecule has 1 saturated carbocycles. The van der Waals surface area contributed by atoms with Gasteiger partial charge in [0, 0.05) is 17.5 Å². The zero-order valence-corrected chi connectivity index (χ0v) is 15.5. The van der Waals surface area contributed by atoms with E-state index in [0.29, 0.717) is 17.5 Å². The summed E-state index contributed by atoms with van der Waals surface area (Å²) in [5, 5.41) is 7.07. The average Bonchev–Trinajstić information content (AvgIpc) is 3.27. The molecule has 136 valence electrons. The Morgan fingerprint density at radius 1 is 1.20 bits per heavy atom. The number of ether oxygens (including phenoxy) is 1. The molecule has 2 fully saturated rings. The first-order chi connectivity index (χ1) is 12.3. The zero-order chi connectivity index (χ0) is 18.1. The van der Waals surface area contributed by atoms with Crippen LogP contribution in [0.3, 0.4) is 0 Å². The topological polar surface area (TPSA) is 63.2 Å². The van der Waals surface area contributed by atoms with Crippen LogP contribution < -0.4 is 15.4 Å². The Kier molecular flexibility index (Phi) is 7.67. The van der Waals surface area contributed by atoms with Crippen molar-refractivity contribution in [3.8, 4) is 5.75 Å². The van der Waals surface area contributed by atoms with Crippen LogP contribution in [0.4, 0.5) is 0 Å². The molecule has 1 aromatic carbocycles. The molecule has 1 saturated heterocycles. The molecule has 1 amide bonds. The lowest BCUT2D eigenvalue weighted by molar-refractivity contribution is 0.0946. The first-order valence-electron chi connectivity index (χ1n) is 9.23. The van der Waals surface area contributed by atoms with Gasteiger partial charge in [0.2, 0.25) is 0 Å². The maximum Gasteiger partial charge on any atom is 0.270 e. The monoisotopic (exact) mass is 343 g/mol. The number of carbonyl (C=O) groups excluding carboxylic acids is 1. The summed E-state index contributed by atoms with van der Waals surface area (Å²) in [6.07, 6.45) is 4.91. The summed E-state index contributed by atoms with van der Waals surface area (Å²) in [6.45, 7) is 6.50. The fourth-order valence-corrected chi connectivity index (χ4v) is 2.54. The number of amides is 1. The van der Waals surface area contributed by atoms with Crippen LogP contribution in [0.5, 0.6) is 5.75 Å². The van der Waals surface area contributed by atoms with Gasteiger partial charge in [-0.05, 0) is 50.9 Å². The van der Waals surface area contributed by atoms with Crippen LogP contribution in [0, 0.1) is 0 Å². The molecule has 1 aliphatic carbocycles. The van der Waals surface area contributed by atoms with E-state index in [2.05, 4.69) is 15.6 Å². The maximum absolute atomic E-state index is 12.0. The highest BCUT2D eigenvalue weighted by Crippen LogP contribution is 2.25. The van der Waals surface area contributed by atoms with Crippen LogP contribution in [0.15, 0.2) is 30.3 Å². The minimum Gasteiger partial charge on any atom is -0.496 e. The van der Waals surface area contributed by atoms with Gasteiger partial charge in [-0.25, -0.2) is 4.98 Å². The molecule has 0 radical (unpaired) electrons. The van der Waals surface area contributed by atoms with E-state index in [9.17, 15) is 4.79 Å². The molecule has 2 heterocycles. The molecular weight excluding hydrogens is 314 g/mol. The smallest absolute Gasteiger partial charge is 0.270 e. The number of hydrogen-bond donors (Lipinski definition) is 2. The number of pyridine rings is 1. The molecule has 2 N–H and O–H groups in total. The molecule has 2 aliphatic rings. The van der Waals surface area contributed by atoms with Crippen LogP contribution in [0.1, 0.15) is 50.0 Å². The number of aromatic nitrogens is 1. The molecule has 0 unspecified atom stereocenters. The van der Waals surface area contributed by atoms with E-state index in [1.165, 1.54) is 25.9 Å². The molecule has 25 heavy (non-hydrogen) atoms. The van der Waals surface area contributed by atoms with E-state index in [0.717, 1.165) is 23.7 Å². The van der Waals surface area contributed by atoms with Crippen molar-refractivity contribution in [2.75, 3.05) is 20.2 Å². The molecule has 2 aromatic rings. The van der Waals surface area contributed by atoms with Gasteiger partial charge in [-0.1, -0.05) is 26.0 Å². The fourth-order valence-electron chi connectivity index (χ4n) is 2.54. The van der Waals surface area contributed by atoms with Gasteiger partial charge in [0.15, 0.2) is 0 Å². The Morgan fingerprint density at radius 3 is 2.44 bits per heavy atom. The van der Waals surface area contributed by atoms with E-state index < -0.39 is 0 Å². The number of nitrogens with one attached hydrogen (secondary N) is 2. The van der Waals surface area contributed by atoms with E-state index in [1.54, 1.807) is 13.2 Å². The first kappa shape index (κ1) is 19.2. The van der Waals surface area contributed by atoms with Crippen molar-refractivity contribution >= 4 is 16.8 Å². The zero-order valence-electron chi connectivity index (χ0n) is 15.5. The minimum atomic E-state index is -0.124.